The van der Waals surface area contributed by atoms with Crippen molar-refractivity contribution in [2.45, 2.75) is 69.4 Å². The van der Waals surface area contributed by atoms with Gasteiger partial charge < -0.3 is 35.3 Å². The van der Waals surface area contributed by atoms with E-state index in [9.17, 15) is 24.3 Å². The number of rotatable bonds is 14. The lowest BCUT2D eigenvalue weighted by Crippen LogP contribution is -2.58. The van der Waals surface area contributed by atoms with Crippen LogP contribution in [0, 0.1) is 5.92 Å². The Balaban J connectivity index is 1.43. The van der Waals surface area contributed by atoms with Gasteiger partial charge in [-0.25, -0.2) is 0 Å². The smallest absolute Gasteiger partial charge is 0.270 e. The van der Waals surface area contributed by atoms with E-state index in [1.54, 1.807) is 38.3 Å². The number of hydrogen-bond donors (Lipinski definition) is 4. The number of aliphatic hydroxyl groups is 1. The van der Waals surface area contributed by atoms with Crippen LogP contribution in [0.15, 0.2) is 24.3 Å². The number of benzene rings is 1. The molecular formula is C29H42N4O8. The Morgan fingerprint density at radius 3 is 2.27 bits per heavy atom. The second-order valence-corrected chi connectivity index (χ2v) is 11.3. The minimum atomic E-state index is -1.86. The number of Topliss-reactive ketones (excluding diaryl/α,β-unsaturated/α-hetero) is 1. The van der Waals surface area contributed by atoms with Gasteiger partial charge in [0.15, 0.2) is 5.78 Å². The summed E-state index contributed by atoms with van der Waals surface area (Å²) in [6.07, 6.45) is 2.93. The van der Waals surface area contributed by atoms with Crippen LogP contribution in [0.5, 0.6) is 5.75 Å². The van der Waals surface area contributed by atoms with Gasteiger partial charge >= 0.3 is 0 Å². The molecule has 41 heavy (non-hydrogen) atoms. The summed E-state index contributed by atoms with van der Waals surface area (Å²) in [4.78, 5) is 54.1. The van der Waals surface area contributed by atoms with Crippen LogP contribution < -0.4 is 20.7 Å². The zero-order chi connectivity index (χ0) is 29.4. The molecule has 4 rings (SSSR count). The molecular weight excluding hydrogens is 532 g/mol. The lowest BCUT2D eigenvalue weighted by molar-refractivity contribution is -0.140. The normalized spacial score (nSPS) is 23.2. The van der Waals surface area contributed by atoms with Crippen LogP contribution in [-0.4, -0.2) is 104 Å². The first-order valence-corrected chi connectivity index (χ1v) is 14.4. The number of carbonyl (C=O) groups excluding carboxylic acids is 4. The molecule has 0 unspecified atom stereocenters. The van der Waals surface area contributed by atoms with Crippen molar-refractivity contribution < 1.29 is 38.5 Å². The molecule has 3 amide bonds. The van der Waals surface area contributed by atoms with E-state index in [0.29, 0.717) is 51.0 Å². The summed E-state index contributed by atoms with van der Waals surface area (Å²) in [5.74, 6) is -1.22. The van der Waals surface area contributed by atoms with Gasteiger partial charge in [-0.1, -0.05) is 37.8 Å². The molecule has 4 atom stereocenters. The molecule has 2 aliphatic heterocycles. The molecule has 12 nitrogen and oxygen atoms in total. The molecule has 3 aliphatic rings. The fraction of sp³-hybridized carbons (Fsp3) is 0.655. The summed E-state index contributed by atoms with van der Waals surface area (Å²) >= 11 is 0. The molecule has 0 radical (unpaired) electrons. The third-order valence-electron chi connectivity index (χ3n) is 8.02. The third kappa shape index (κ3) is 8.96. The SMILES string of the molecule is COc1ccc(C[C@H](NC(=O)[C@H](O)NC(=O)CN2CCOCC2)C(=O)N[C@@H](CC2CCCC2)C(=O)[C@@]2(C)CO2)cc1. The summed E-state index contributed by atoms with van der Waals surface area (Å²) in [6.45, 7) is 4.20. The number of ether oxygens (including phenoxy) is 3. The van der Waals surface area contributed by atoms with Gasteiger partial charge in [0.25, 0.3) is 5.91 Å². The number of morpholine rings is 1. The largest absolute Gasteiger partial charge is 0.497 e. The molecule has 0 aromatic heterocycles. The van der Waals surface area contributed by atoms with Gasteiger partial charge in [-0.05, 0) is 37.0 Å². The number of ketones is 1. The fourth-order valence-electron chi connectivity index (χ4n) is 5.39. The first-order valence-electron chi connectivity index (χ1n) is 14.4. The molecule has 2 saturated heterocycles. The average molecular weight is 575 g/mol. The van der Waals surface area contributed by atoms with Gasteiger partial charge in [-0.15, -0.1) is 0 Å². The molecule has 1 saturated carbocycles. The van der Waals surface area contributed by atoms with Crippen LogP contribution in [0.4, 0.5) is 0 Å². The number of epoxide rings is 1. The van der Waals surface area contributed by atoms with Crippen LogP contribution in [0.2, 0.25) is 0 Å². The predicted octanol–water partition coefficient (Wildman–Crippen LogP) is -0.0876. The minimum absolute atomic E-state index is 0.00919. The Labute approximate surface area is 240 Å². The summed E-state index contributed by atoms with van der Waals surface area (Å²) in [5, 5.41) is 18.2. The highest BCUT2D eigenvalue weighted by molar-refractivity contribution is 5.98. The Kier molecular flexibility index (Phi) is 10.7. The van der Waals surface area contributed by atoms with Gasteiger partial charge in [0.2, 0.25) is 18.0 Å². The highest BCUT2D eigenvalue weighted by atomic mass is 16.6. The number of methoxy groups -OCH3 is 1. The standard InChI is InChI=1S/C29H42N4O8/c1-29(18-41-29)25(35)22(15-19-5-3-4-6-19)30-26(36)23(16-20-7-9-21(39-2)10-8-20)31-27(37)28(38)32-24(34)17-33-11-13-40-14-12-33/h7-10,19,22-23,28,38H,3-6,11-18H2,1-2H3,(H,30,36)(H,31,37)(H,32,34)/t22-,23-,28-,29+/m0/s1. The maximum atomic E-state index is 13.6. The molecule has 226 valence electrons. The van der Waals surface area contributed by atoms with E-state index < -0.39 is 41.6 Å². The topological polar surface area (TPSA) is 159 Å². The second-order valence-electron chi connectivity index (χ2n) is 11.3. The quantitative estimate of drug-likeness (QED) is 0.176. The van der Waals surface area contributed by atoms with E-state index in [1.165, 1.54) is 0 Å². The van der Waals surface area contributed by atoms with Gasteiger partial charge in [0, 0.05) is 19.5 Å². The number of aliphatic hydroxyl groups excluding tert-OH is 1. The lowest BCUT2D eigenvalue weighted by atomic mass is 9.90. The zero-order valence-electron chi connectivity index (χ0n) is 23.9. The number of hydrogen-bond acceptors (Lipinski definition) is 9. The Bertz CT molecular complexity index is 1070. The number of nitrogens with one attached hydrogen (secondary N) is 3. The first-order chi connectivity index (χ1) is 19.7. The summed E-state index contributed by atoms with van der Waals surface area (Å²) in [6, 6.07) is 5.15. The van der Waals surface area contributed by atoms with Gasteiger partial charge in [-0.3, -0.25) is 24.1 Å². The van der Waals surface area contributed by atoms with Gasteiger partial charge in [0.1, 0.15) is 17.4 Å². The van der Waals surface area contributed by atoms with Crippen LogP contribution >= 0.6 is 0 Å². The molecule has 0 spiro atoms. The second kappa shape index (κ2) is 14.2. The van der Waals surface area contributed by atoms with E-state index in [-0.39, 0.29) is 18.7 Å². The Hall–Kier alpha value is -3.06. The van der Waals surface area contributed by atoms with Crippen molar-refractivity contribution in [3.63, 3.8) is 0 Å². The van der Waals surface area contributed by atoms with Gasteiger partial charge in [-0.2, -0.15) is 0 Å². The highest BCUT2D eigenvalue weighted by Gasteiger charge is 2.50. The van der Waals surface area contributed by atoms with Crippen molar-refractivity contribution >= 4 is 23.5 Å². The minimum Gasteiger partial charge on any atom is -0.497 e. The van der Waals surface area contributed by atoms with Crippen LogP contribution in [0.1, 0.15) is 44.6 Å². The number of nitrogens with zero attached hydrogens (tertiary/aromatic N) is 1. The van der Waals surface area contributed by atoms with E-state index >= 15 is 0 Å². The molecule has 3 fully saturated rings. The molecule has 1 aliphatic carbocycles. The molecule has 0 bridgehead atoms. The summed E-state index contributed by atoms with van der Waals surface area (Å²) < 4.78 is 15.9. The van der Waals surface area contributed by atoms with Crippen molar-refractivity contribution in [1.82, 2.24) is 20.9 Å². The van der Waals surface area contributed by atoms with E-state index in [4.69, 9.17) is 14.2 Å². The van der Waals surface area contributed by atoms with Crippen molar-refractivity contribution in [2.75, 3.05) is 46.6 Å². The first kappa shape index (κ1) is 30.9. The third-order valence-corrected chi connectivity index (χ3v) is 8.02. The molecule has 4 N–H and O–H groups in total. The fourth-order valence-corrected chi connectivity index (χ4v) is 5.39. The maximum absolute atomic E-state index is 13.6. The number of carbonyl (C=O) groups is 4. The Morgan fingerprint density at radius 1 is 1.02 bits per heavy atom. The van der Waals surface area contributed by atoms with Crippen molar-refractivity contribution in [3.8, 4) is 5.75 Å². The van der Waals surface area contributed by atoms with E-state index in [2.05, 4.69) is 16.0 Å². The maximum Gasteiger partial charge on any atom is 0.270 e. The van der Waals surface area contributed by atoms with Gasteiger partial charge in [0.05, 0.1) is 39.5 Å². The number of amides is 3. The molecule has 12 heteroatoms. The van der Waals surface area contributed by atoms with Crippen LogP contribution in [0.25, 0.3) is 0 Å². The van der Waals surface area contributed by atoms with E-state index in [1.807, 2.05) is 4.90 Å². The highest BCUT2D eigenvalue weighted by Crippen LogP contribution is 2.33. The van der Waals surface area contributed by atoms with Crippen LogP contribution in [-0.2, 0) is 35.1 Å². The molecule has 1 aromatic rings. The van der Waals surface area contributed by atoms with Crippen LogP contribution in [0.3, 0.4) is 0 Å². The summed E-state index contributed by atoms with van der Waals surface area (Å²) in [7, 11) is 1.55. The van der Waals surface area contributed by atoms with E-state index in [0.717, 1.165) is 31.2 Å². The van der Waals surface area contributed by atoms with Crippen molar-refractivity contribution in [3.05, 3.63) is 29.8 Å². The monoisotopic (exact) mass is 574 g/mol. The zero-order valence-corrected chi connectivity index (χ0v) is 23.9. The Morgan fingerprint density at radius 2 is 1.66 bits per heavy atom. The lowest BCUT2D eigenvalue weighted by Gasteiger charge is -2.27. The molecule has 1 aromatic carbocycles. The average Bonchev–Trinajstić information content (AvgIpc) is 3.51. The predicted molar refractivity (Wildman–Crippen MR) is 148 cm³/mol. The molecule has 2 heterocycles. The van der Waals surface area contributed by atoms with Crippen molar-refractivity contribution in [1.29, 1.82) is 0 Å². The summed E-state index contributed by atoms with van der Waals surface area (Å²) in [5.41, 5.74) is -0.181. The van der Waals surface area contributed by atoms with Crippen molar-refractivity contribution in [2.24, 2.45) is 5.92 Å².